The van der Waals surface area contributed by atoms with Crippen LogP contribution in [0.1, 0.15) is 16.7 Å². The van der Waals surface area contributed by atoms with Crippen molar-refractivity contribution in [1.82, 2.24) is 0 Å². The Hall–Kier alpha value is -2.52. The Balaban J connectivity index is 2.06. The minimum absolute atomic E-state index is 0.142. The molecule has 5 nitrogen and oxygen atoms in total. The maximum absolute atomic E-state index is 11.1. The van der Waals surface area contributed by atoms with E-state index in [4.69, 9.17) is 10.00 Å². The maximum atomic E-state index is 11.1. The molecule has 2 N–H and O–H groups in total. The summed E-state index contributed by atoms with van der Waals surface area (Å²) in [6.45, 7) is 2.09. The molecule has 0 radical (unpaired) electrons. The number of nitriles is 1. The number of amides is 1. The fraction of sp³-hybridized carbons (Fsp3) is 0.200. The Kier molecular flexibility index (Phi) is 4.80. The first-order valence-electron chi connectivity index (χ1n) is 6.30. The molecular formula is C15H15N3O2S. The van der Waals surface area contributed by atoms with Gasteiger partial charge in [-0.2, -0.15) is 5.26 Å². The van der Waals surface area contributed by atoms with Gasteiger partial charge in [-0.1, -0.05) is 0 Å². The molecule has 0 saturated heterocycles. The lowest BCUT2D eigenvalue weighted by Gasteiger charge is -2.12. The number of rotatable bonds is 5. The lowest BCUT2D eigenvalue weighted by atomic mass is 10.2. The van der Waals surface area contributed by atoms with Gasteiger partial charge in [0.15, 0.2) is 0 Å². The Morgan fingerprint density at radius 3 is 2.81 bits per heavy atom. The highest BCUT2D eigenvalue weighted by Gasteiger charge is 2.06. The summed E-state index contributed by atoms with van der Waals surface area (Å²) in [5, 5.41) is 14.8. The van der Waals surface area contributed by atoms with Crippen LogP contribution in [-0.4, -0.2) is 13.0 Å². The Labute approximate surface area is 127 Å². The normalized spacial score (nSPS) is 9.76. The van der Waals surface area contributed by atoms with Gasteiger partial charge in [-0.3, -0.25) is 4.79 Å². The highest BCUT2D eigenvalue weighted by molar-refractivity contribution is 7.12. The largest absolute Gasteiger partial charge is 0.494 e. The van der Waals surface area contributed by atoms with Crippen molar-refractivity contribution in [3.8, 4) is 11.8 Å². The molecule has 0 aliphatic heterocycles. The van der Waals surface area contributed by atoms with E-state index in [0.717, 1.165) is 10.6 Å². The van der Waals surface area contributed by atoms with Crippen molar-refractivity contribution in [2.24, 2.45) is 0 Å². The van der Waals surface area contributed by atoms with Crippen molar-refractivity contribution in [2.45, 2.75) is 13.5 Å². The number of hydrogen-bond donors (Lipinski definition) is 2. The average Bonchev–Trinajstić information content (AvgIpc) is 2.93. The number of benzene rings is 1. The molecule has 0 atom stereocenters. The smallest absolute Gasteiger partial charge is 0.221 e. The SMILES string of the molecule is COc1cc(NCc2ccc(C#N)s2)ccc1NC(C)=O. The van der Waals surface area contributed by atoms with E-state index in [1.165, 1.54) is 18.3 Å². The number of ether oxygens (including phenoxy) is 1. The summed E-state index contributed by atoms with van der Waals surface area (Å²) in [6.07, 6.45) is 0. The Bertz CT molecular complexity index is 688. The number of anilines is 2. The van der Waals surface area contributed by atoms with Crippen LogP contribution in [0.4, 0.5) is 11.4 Å². The predicted octanol–water partition coefficient (Wildman–Crippen LogP) is 3.20. The van der Waals surface area contributed by atoms with Gasteiger partial charge >= 0.3 is 0 Å². The molecule has 1 amide bonds. The van der Waals surface area contributed by atoms with Crippen LogP contribution < -0.4 is 15.4 Å². The van der Waals surface area contributed by atoms with Crippen LogP contribution >= 0.6 is 11.3 Å². The molecule has 0 aliphatic carbocycles. The second-order valence-corrected chi connectivity index (χ2v) is 5.50. The van der Waals surface area contributed by atoms with Gasteiger partial charge in [0.25, 0.3) is 0 Å². The molecule has 0 aliphatic rings. The van der Waals surface area contributed by atoms with Crippen molar-refractivity contribution in [1.29, 1.82) is 5.26 Å². The number of nitrogens with zero attached hydrogens (tertiary/aromatic N) is 1. The van der Waals surface area contributed by atoms with Crippen molar-refractivity contribution >= 4 is 28.6 Å². The zero-order valence-electron chi connectivity index (χ0n) is 11.8. The molecule has 1 heterocycles. The Morgan fingerprint density at radius 1 is 1.38 bits per heavy atom. The molecule has 0 bridgehead atoms. The molecule has 0 fully saturated rings. The van der Waals surface area contributed by atoms with E-state index in [0.29, 0.717) is 22.9 Å². The first-order chi connectivity index (χ1) is 10.1. The van der Waals surface area contributed by atoms with Crippen LogP contribution in [0.3, 0.4) is 0 Å². The molecule has 1 aromatic heterocycles. The van der Waals surface area contributed by atoms with Crippen molar-refractivity contribution in [2.75, 3.05) is 17.7 Å². The van der Waals surface area contributed by atoms with Gasteiger partial charge in [-0.15, -0.1) is 11.3 Å². The number of carbonyl (C=O) groups excluding carboxylic acids is 1. The third kappa shape index (κ3) is 3.97. The van der Waals surface area contributed by atoms with E-state index < -0.39 is 0 Å². The van der Waals surface area contributed by atoms with Crippen molar-refractivity contribution < 1.29 is 9.53 Å². The third-order valence-corrected chi connectivity index (χ3v) is 3.74. The summed E-state index contributed by atoms with van der Waals surface area (Å²) >= 11 is 1.46. The fourth-order valence-electron chi connectivity index (χ4n) is 1.82. The predicted molar refractivity (Wildman–Crippen MR) is 83.7 cm³/mol. The quantitative estimate of drug-likeness (QED) is 0.889. The summed E-state index contributed by atoms with van der Waals surface area (Å²) < 4.78 is 5.27. The van der Waals surface area contributed by atoms with E-state index in [1.807, 2.05) is 24.3 Å². The lowest BCUT2D eigenvalue weighted by molar-refractivity contribution is -0.114. The average molecular weight is 301 g/mol. The first kappa shape index (κ1) is 14.9. The molecule has 6 heteroatoms. The standard InChI is InChI=1S/C15H15N3O2S/c1-10(19)18-14-6-3-11(7-15(14)20-2)17-9-13-5-4-12(8-16)21-13/h3-7,17H,9H2,1-2H3,(H,18,19). The summed E-state index contributed by atoms with van der Waals surface area (Å²) in [5.41, 5.74) is 1.52. The first-order valence-corrected chi connectivity index (χ1v) is 7.12. The number of nitrogens with one attached hydrogen (secondary N) is 2. The molecule has 21 heavy (non-hydrogen) atoms. The molecular weight excluding hydrogens is 286 g/mol. The van der Waals surface area contributed by atoms with Crippen LogP contribution in [0.5, 0.6) is 5.75 Å². The van der Waals surface area contributed by atoms with E-state index in [9.17, 15) is 4.79 Å². The highest BCUT2D eigenvalue weighted by atomic mass is 32.1. The van der Waals surface area contributed by atoms with Gasteiger partial charge in [0.1, 0.15) is 16.7 Å². The zero-order valence-corrected chi connectivity index (χ0v) is 12.6. The summed E-state index contributed by atoms with van der Waals surface area (Å²) in [7, 11) is 1.56. The molecule has 0 spiro atoms. The van der Waals surface area contributed by atoms with Gasteiger partial charge in [0.2, 0.25) is 5.91 Å². The second kappa shape index (κ2) is 6.77. The van der Waals surface area contributed by atoms with Crippen molar-refractivity contribution in [3.63, 3.8) is 0 Å². The van der Waals surface area contributed by atoms with Crippen LogP contribution in [0, 0.1) is 11.3 Å². The maximum Gasteiger partial charge on any atom is 0.221 e. The van der Waals surface area contributed by atoms with Crippen LogP contribution in [0.25, 0.3) is 0 Å². The number of hydrogen-bond acceptors (Lipinski definition) is 5. The minimum atomic E-state index is -0.142. The molecule has 0 saturated carbocycles. The van der Waals surface area contributed by atoms with Gasteiger partial charge in [0, 0.05) is 30.1 Å². The number of methoxy groups -OCH3 is 1. The molecule has 108 valence electrons. The third-order valence-electron chi connectivity index (χ3n) is 2.75. The van der Waals surface area contributed by atoms with Crippen LogP contribution in [0.2, 0.25) is 0 Å². The van der Waals surface area contributed by atoms with E-state index >= 15 is 0 Å². The van der Waals surface area contributed by atoms with E-state index in [-0.39, 0.29) is 5.91 Å². The van der Waals surface area contributed by atoms with Gasteiger partial charge in [0.05, 0.1) is 12.8 Å². The molecule has 0 unspecified atom stereocenters. The second-order valence-electron chi connectivity index (χ2n) is 4.33. The minimum Gasteiger partial charge on any atom is -0.494 e. The van der Waals surface area contributed by atoms with Gasteiger partial charge in [-0.25, -0.2) is 0 Å². The molecule has 1 aromatic carbocycles. The van der Waals surface area contributed by atoms with Crippen LogP contribution in [0.15, 0.2) is 30.3 Å². The zero-order chi connectivity index (χ0) is 15.2. The van der Waals surface area contributed by atoms with Gasteiger partial charge < -0.3 is 15.4 Å². The molecule has 2 aromatic rings. The number of carbonyl (C=O) groups is 1. The van der Waals surface area contributed by atoms with Crippen molar-refractivity contribution in [3.05, 3.63) is 40.1 Å². The number of thiophene rings is 1. The Morgan fingerprint density at radius 2 is 2.19 bits per heavy atom. The van der Waals surface area contributed by atoms with E-state index in [1.54, 1.807) is 13.2 Å². The van der Waals surface area contributed by atoms with Crippen LogP contribution in [-0.2, 0) is 11.3 Å². The lowest BCUT2D eigenvalue weighted by Crippen LogP contribution is -2.07. The summed E-state index contributed by atoms with van der Waals surface area (Å²) in [4.78, 5) is 12.9. The monoisotopic (exact) mass is 301 g/mol. The topological polar surface area (TPSA) is 74.2 Å². The summed E-state index contributed by atoms with van der Waals surface area (Å²) in [5.74, 6) is 0.454. The highest BCUT2D eigenvalue weighted by Crippen LogP contribution is 2.28. The van der Waals surface area contributed by atoms with E-state index in [2.05, 4.69) is 16.7 Å². The summed E-state index contributed by atoms with van der Waals surface area (Å²) in [6, 6.07) is 11.3. The fourth-order valence-corrected chi connectivity index (χ4v) is 2.56. The molecule has 2 rings (SSSR count). The van der Waals surface area contributed by atoms with Gasteiger partial charge in [-0.05, 0) is 24.3 Å².